The molecule has 1 atom stereocenters. The summed E-state index contributed by atoms with van der Waals surface area (Å²) in [4.78, 5) is 0. The summed E-state index contributed by atoms with van der Waals surface area (Å²) in [6.45, 7) is 2.24. The Bertz CT molecular complexity index is 341. The molecule has 0 bridgehead atoms. The largest absolute Gasteiger partial charge is 0.508 e. The molecule has 0 fully saturated rings. The molecule has 1 unspecified atom stereocenters. The van der Waals surface area contributed by atoms with Gasteiger partial charge in [-0.25, -0.2) is 0 Å². The van der Waals surface area contributed by atoms with Crippen LogP contribution < -0.4 is 11.3 Å². The highest BCUT2D eigenvalue weighted by atomic mass is 16.3. The highest BCUT2D eigenvalue weighted by molar-refractivity contribution is 5.34. The molecule has 1 aromatic rings. The molecular formula is C16H28N2O. The highest BCUT2D eigenvalue weighted by Gasteiger charge is 2.12. The second-order valence-electron chi connectivity index (χ2n) is 5.19. The van der Waals surface area contributed by atoms with Crippen LogP contribution in [0.2, 0.25) is 0 Å². The van der Waals surface area contributed by atoms with Crippen LogP contribution in [0, 0.1) is 0 Å². The van der Waals surface area contributed by atoms with Gasteiger partial charge in [-0.3, -0.25) is 11.3 Å². The van der Waals surface area contributed by atoms with Gasteiger partial charge in [0, 0.05) is 11.6 Å². The van der Waals surface area contributed by atoms with E-state index in [1.54, 1.807) is 6.07 Å². The number of rotatable bonds is 10. The van der Waals surface area contributed by atoms with Crippen molar-refractivity contribution in [2.45, 2.75) is 64.3 Å². The van der Waals surface area contributed by atoms with Crippen molar-refractivity contribution in [2.24, 2.45) is 5.84 Å². The van der Waals surface area contributed by atoms with Crippen LogP contribution in [0.3, 0.4) is 0 Å². The van der Waals surface area contributed by atoms with E-state index in [0.29, 0.717) is 5.75 Å². The fraction of sp³-hybridized carbons (Fsp3) is 0.625. The first-order chi connectivity index (χ1) is 9.29. The van der Waals surface area contributed by atoms with Gasteiger partial charge < -0.3 is 5.11 Å². The molecular weight excluding hydrogens is 236 g/mol. The molecule has 0 saturated heterocycles. The SMILES string of the molecule is CCCCCCCCCC(NN)c1ccccc1O. The molecule has 0 aliphatic rings. The minimum Gasteiger partial charge on any atom is -0.508 e. The Morgan fingerprint density at radius 1 is 1.05 bits per heavy atom. The van der Waals surface area contributed by atoms with Crippen LogP contribution in [0.5, 0.6) is 5.75 Å². The fourth-order valence-electron chi connectivity index (χ4n) is 2.42. The molecule has 0 spiro atoms. The van der Waals surface area contributed by atoms with E-state index in [1.807, 2.05) is 18.2 Å². The first-order valence-electron chi connectivity index (χ1n) is 7.53. The number of nitrogens with one attached hydrogen (secondary N) is 1. The van der Waals surface area contributed by atoms with Gasteiger partial charge in [0.25, 0.3) is 0 Å². The number of aromatic hydroxyl groups is 1. The lowest BCUT2D eigenvalue weighted by atomic mass is 9.99. The van der Waals surface area contributed by atoms with E-state index in [0.717, 1.165) is 18.4 Å². The van der Waals surface area contributed by atoms with Crippen LogP contribution in [0.1, 0.15) is 69.9 Å². The summed E-state index contributed by atoms with van der Waals surface area (Å²) in [5.41, 5.74) is 3.71. The maximum Gasteiger partial charge on any atom is 0.120 e. The van der Waals surface area contributed by atoms with Gasteiger partial charge in [-0.1, -0.05) is 70.1 Å². The number of hydrazine groups is 1. The Labute approximate surface area is 117 Å². The van der Waals surface area contributed by atoms with Crippen LogP contribution in [-0.2, 0) is 0 Å². The lowest BCUT2D eigenvalue weighted by molar-refractivity contribution is 0.429. The summed E-state index contributed by atoms with van der Waals surface area (Å²) in [6, 6.07) is 7.47. The number of hydrogen-bond donors (Lipinski definition) is 3. The standard InChI is InChI=1S/C16H28N2O/c1-2-3-4-5-6-7-8-12-15(18-17)14-11-9-10-13-16(14)19/h9-11,13,15,18-19H,2-8,12,17H2,1H3. The van der Waals surface area contributed by atoms with E-state index >= 15 is 0 Å². The second-order valence-corrected chi connectivity index (χ2v) is 5.19. The molecule has 0 aliphatic heterocycles. The van der Waals surface area contributed by atoms with Gasteiger partial charge in [0.1, 0.15) is 5.75 Å². The topological polar surface area (TPSA) is 58.3 Å². The Hall–Kier alpha value is -1.06. The van der Waals surface area contributed by atoms with Gasteiger partial charge in [0.05, 0.1) is 0 Å². The van der Waals surface area contributed by atoms with E-state index in [2.05, 4.69) is 12.3 Å². The van der Waals surface area contributed by atoms with E-state index in [-0.39, 0.29) is 6.04 Å². The first-order valence-corrected chi connectivity index (χ1v) is 7.53. The van der Waals surface area contributed by atoms with Crippen molar-refractivity contribution < 1.29 is 5.11 Å². The predicted octanol–water partition coefficient (Wildman–Crippen LogP) is 4.04. The van der Waals surface area contributed by atoms with Crippen LogP contribution in [-0.4, -0.2) is 5.11 Å². The maximum absolute atomic E-state index is 9.82. The number of phenolic OH excluding ortho intramolecular Hbond substituents is 1. The van der Waals surface area contributed by atoms with Crippen molar-refractivity contribution in [3.05, 3.63) is 29.8 Å². The van der Waals surface area contributed by atoms with Crippen molar-refractivity contribution >= 4 is 0 Å². The van der Waals surface area contributed by atoms with Crippen molar-refractivity contribution in [3.63, 3.8) is 0 Å². The van der Waals surface area contributed by atoms with Crippen molar-refractivity contribution in [2.75, 3.05) is 0 Å². The molecule has 3 nitrogen and oxygen atoms in total. The van der Waals surface area contributed by atoms with Gasteiger partial charge in [-0.05, 0) is 12.5 Å². The predicted molar refractivity (Wildman–Crippen MR) is 80.8 cm³/mol. The molecule has 19 heavy (non-hydrogen) atoms. The van der Waals surface area contributed by atoms with Crippen molar-refractivity contribution in [1.82, 2.24) is 5.43 Å². The lowest BCUT2D eigenvalue weighted by Gasteiger charge is -2.17. The molecule has 108 valence electrons. The molecule has 0 saturated carbocycles. The Morgan fingerprint density at radius 2 is 1.68 bits per heavy atom. The average molecular weight is 264 g/mol. The highest BCUT2D eigenvalue weighted by Crippen LogP contribution is 2.27. The smallest absolute Gasteiger partial charge is 0.120 e. The molecule has 0 aliphatic carbocycles. The summed E-state index contributed by atoms with van der Waals surface area (Å²) in [5, 5.41) is 9.82. The minimum atomic E-state index is 0.0526. The summed E-state index contributed by atoms with van der Waals surface area (Å²) >= 11 is 0. The number of phenols is 1. The van der Waals surface area contributed by atoms with Gasteiger partial charge in [-0.15, -0.1) is 0 Å². The monoisotopic (exact) mass is 264 g/mol. The third-order valence-corrected chi connectivity index (χ3v) is 3.61. The normalized spacial score (nSPS) is 12.5. The molecule has 3 heteroatoms. The third kappa shape index (κ3) is 6.08. The number of nitrogens with two attached hydrogens (primary N) is 1. The lowest BCUT2D eigenvalue weighted by Crippen LogP contribution is -2.28. The zero-order chi connectivity index (χ0) is 13.9. The van der Waals surface area contributed by atoms with Gasteiger partial charge in [-0.2, -0.15) is 0 Å². The van der Waals surface area contributed by atoms with Gasteiger partial charge >= 0.3 is 0 Å². The van der Waals surface area contributed by atoms with Crippen molar-refractivity contribution in [1.29, 1.82) is 0 Å². The Kier molecular flexibility index (Phi) is 8.26. The molecule has 1 aromatic carbocycles. The van der Waals surface area contributed by atoms with E-state index in [9.17, 15) is 5.11 Å². The number of para-hydroxylation sites is 1. The van der Waals surface area contributed by atoms with Gasteiger partial charge in [0.15, 0.2) is 0 Å². The maximum atomic E-state index is 9.82. The van der Waals surface area contributed by atoms with Gasteiger partial charge in [0.2, 0.25) is 0 Å². The summed E-state index contributed by atoms with van der Waals surface area (Å²) in [5.74, 6) is 5.92. The quantitative estimate of drug-likeness (QED) is 0.339. The number of benzene rings is 1. The van der Waals surface area contributed by atoms with Crippen molar-refractivity contribution in [3.8, 4) is 5.75 Å². The van der Waals surface area contributed by atoms with Crippen LogP contribution in [0.4, 0.5) is 0 Å². The molecule has 4 N–H and O–H groups in total. The third-order valence-electron chi connectivity index (χ3n) is 3.61. The fourth-order valence-corrected chi connectivity index (χ4v) is 2.42. The van der Waals surface area contributed by atoms with E-state index in [4.69, 9.17) is 5.84 Å². The summed E-state index contributed by atoms with van der Waals surface area (Å²) in [7, 11) is 0. The van der Waals surface area contributed by atoms with E-state index in [1.165, 1.54) is 38.5 Å². The second kappa shape index (κ2) is 9.82. The van der Waals surface area contributed by atoms with Crippen LogP contribution in [0.15, 0.2) is 24.3 Å². The molecule has 0 heterocycles. The molecule has 0 amide bonds. The first kappa shape index (κ1) is 16.0. The Morgan fingerprint density at radius 3 is 2.32 bits per heavy atom. The molecule has 0 radical (unpaired) electrons. The minimum absolute atomic E-state index is 0.0526. The molecule has 1 rings (SSSR count). The zero-order valence-electron chi connectivity index (χ0n) is 12.1. The summed E-state index contributed by atoms with van der Waals surface area (Å²) in [6.07, 6.45) is 10.0. The Balaban J connectivity index is 2.24. The zero-order valence-corrected chi connectivity index (χ0v) is 12.1. The number of hydrogen-bond acceptors (Lipinski definition) is 3. The van der Waals surface area contributed by atoms with Crippen LogP contribution in [0.25, 0.3) is 0 Å². The van der Waals surface area contributed by atoms with E-state index < -0.39 is 0 Å². The molecule has 0 aromatic heterocycles. The van der Waals surface area contributed by atoms with Crippen LogP contribution >= 0.6 is 0 Å². The summed E-state index contributed by atoms with van der Waals surface area (Å²) < 4.78 is 0. The average Bonchev–Trinajstić information content (AvgIpc) is 2.43. The number of unbranched alkanes of at least 4 members (excludes halogenated alkanes) is 6.